The zero-order valence-corrected chi connectivity index (χ0v) is 14.2. The van der Waals surface area contributed by atoms with Crippen molar-refractivity contribution in [3.8, 4) is 0 Å². The van der Waals surface area contributed by atoms with Crippen molar-refractivity contribution < 1.29 is 23.9 Å². The molecule has 0 unspecified atom stereocenters. The zero-order valence-electron chi connectivity index (χ0n) is 14.2. The Bertz CT molecular complexity index is 655. The topological polar surface area (TPSA) is 84.9 Å². The number of methoxy groups -OCH3 is 1. The molecule has 2 aliphatic heterocycles. The first kappa shape index (κ1) is 17.4. The predicted molar refractivity (Wildman–Crippen MR) is 88.8 cm³/mol. The van der Waals surface area contributed by atoms with E-state index in [0.29, 0.717) is 31.6 Å². The van der Waals surface area contributed by atoms with Gasteiger partial charge in [-0.2, -0.15) is 0 Å². The Labute approximate surface area is 146 Å². The molecule has 2 atom stereocenters. The number of ether oxygens (including phenoxy) is 2. The molecule has 1 aromatic rings. The summed E-state index contributed by atoms with van der Waals surface area (Å²) in [5, 5.41) is 2.86. The first-order valence-electron chi connectivity index (χ1n) is 8.41. The second-order valence-electron chi connectivity index (χ2n) is 6.38. The number of likely N-dealkylation sites (tertiary alicyclic amines) is 1. The molecule has 7 heteroatoms. The van der Waals surface area contributed by atoms with E-state index in [9.17, 15) is 14.4 Å². The van der Waals surface area contributed by atoms with E-state index in [1.54, 1.807) is 24.3 Å². The number of nitrogens with zero attached hydrogens (tertiary/aromatic N) is 1. The number of rotatable bonds is 4. The highest BCUT2D eigenvalue weighted by Gasteiger charge is 2.49. The quantitative estimate of drug-likeness (QED) is 0.813. The molecule has 7 nitrogen and oxygen atoms in total. The van der Waals surface area contributed by atoms with Crippen LogP contribution in [0.5, 0.6) is 0 Å². The minimum absolute atomic E-state index is 0.106. The Balaban J connectivity index is 1.81. The minimum Gasteiger partial charge on any atom is -0.467 e. The molecule has 0 bridgehead atoms. The first-order chi connectivity index (χ1) is 12.1. The van der Waals surface area contributed by atoms with Gasteiger partial charge in [-0.25, -0.2) is 4.79 Å². The Morgan fingerprint density at radius 1 is 1.28 bits per heavy atom. The SMILES string of the molecule is COC(=O)[C@@H]1CCCN1C(=O)[C@]1(NC(=O)c2ccccc2)CCOC1. The van der Waals surface area contributed by atoms with Crippen LogP contribution in [-0.4, -0.2) is 61.1 Å². The van der Waals surface area contributed by atoms with Gasteiger partial charge in [0, 0.05) is 25.1 Å². The third-order valence-corrected chi connectivity index (χ3v) is 4.81. The zero-order chi connectivity index (χ0) is 17.9. The van der Waals surface area contributed by atoms with Gasteiger partial charge < -0.3 is 19.7 Å². The summed E-state index contributed by atoms with van der Waals surface area (Å²) in [6.07, 6.45) is 1.69. The van der Waals surface area contributed by atoms with Crippen LogP contribution in [0.2, 0.25) is 0 Å². The maximum Gasteiger partial charge on any atom is 0.328 e. The van der Waals surface area contributed by atoms with Crippen molar-refractivity contribution >= 4 is 17.8 Å². The van der Waals surface area contributed by atoms with E-state index < -0.39 is 17.6 Å². The van der Waals surface area contributed by atoms with Crippen LogP contribution in [0.1, 0.15) is 29.6 Å². The molecule has 2 fully saturated rings. The van der Waals surface area contributed by atoms with E-state index in [1.807, 2.05) is 6.07 Å². The van der Waals surface area contributed by atoms with Gasteiger partial charge in [-0.3, -0.25) is 9.59 Å². The van der Waals surface area contributed by atoms with E-state index >= 15 is 0 Å². The van der Waals surface area contributed by atoms with Crippen molar-refractivity contribution in [3.05, 3.63) is 35.9 Å². The van der Waals surface area contributed by atoms with E-state index in [-0.39, 0.29) is 18.4 Å². The molecule has 2 aliphatic rings. The van der Waals surface area contributed by atoms with E-state index in [2.05, 4.69) is 5.32 Å². The average molecular weight is 346 g/mol. The van der Waals surface area contributed by atoms with E-state index in [4.69, 9.17) is 9.47 Å². The molecule has 134 valence electrons. The lowest BCUT2D eigenvalue weighted by atomic mass is 9.95. The maximum atomic E-state index is 13.2. The van der Waals surface area contributed by atoms with Crippen LogP contribution in [0.4, 0.5) is 0 Å². The number of benzene rings is 1. The van der Waals surface area contributed by atoms with E-state index in [1.165, 1.54) is 12.0 Å². The van der Waals surface area contributed by atoms with Crippen LogP contribution < -0.4 is 5.32 Å². The van der Waals surface area contributed by atoms with Gasteiger partial charge in [0.05, 0.1) is 13.7 Å². The number of hydrogen-bond acceptors (Lipinski definition) is 5. The van der Waals surface area contributed by atoms with Crippen molar-refractivity contribution in [3.63, 3.8) is 0 Å². The Morgan fingerprint density at radius 3 is 2.68 bits per heavy atom. The Hall–Kier alpha value is -2.41. The van der Waals surface area contributed by atoms with E-state index in [0.717, 1.165) is 6.42 Å². The standard InChI is InChI=1S/C18H22N2O5/c1-24-16(22)14-8-5-10-20(14)17(23)18(9-11-25-12-18)19-15(21)13-6-3-2-4-7-13/h2-4,6-7,14H,5,8-12H2,1H3,(H,19,21)/t14-,18-/m0/s1. The number of amides is 2. The highest BCUT2D eigenvalue weighted by Crippen LogP contribution is 2.28. The molecule has 2 amide bonds. The second-order valence-corrected chi connectivity index (χ2v) is 6.38. The smallest absolute Gasteiger partial charge is 0.328 e. The third-order valence-electron chi connectivity index (χ3n) is 4.81. The Kier molecular flexibility index (Phi) is 5.03. The molecule has 1 aromatic carbocycles. The minimum atomic E-state index is -1.14. The fourth-order valence-corrected chi connectivity index (χ4v) is 3.43. The van der Waals surface area contributed by atoms with Crippen LogP contribution in [0.15, 0.2) is 30.3 Å². The van der Waals surface area contributed by atoms with Crippen LogP contribution in [0.25, 0.3) is 0 Å². The lowest BCUT2D eigenvalue weighted by Crippen LogP contribution is -2.61. The van der Waals surface area contributed by atoms with Gasteiger partial charge in [0.25, 0.3) is 11.8 Å². The largest absolute Gasteiger partial charge is 0.467 e. The fourth-order valence-electron chi connectivity index (χ4n) is 3.43. The fraction of sp³-hybridized carbons (Fsp3) is 0.500. The highest BCUT2D eigenvalue weighted by atomic mass is 16.5. The normalized spacial score (nSPS) is 25.6. The summed E-state index contributed by atoms with van der Waals surface area (Å²) in [4.78, 5) is 39.2. The van der Waals surface area contributed by atoms with Gasteiger partial charge in [0.2, 0.25) is 0 Å². The van der Waals surface area contributed by atoms with Crippen molar-refractivity contribution in [1.82, 2.24) is 10.2 Å². The molecule has 0 radical (unpaired) electrons. The molecule has 2 saturated heterocycles. The molecule has 3 rings (SSSR count). The summed E-state index contributed by atoms with van der Waals surface area (Å²) in [5.74, 6) is -1.02. The second kappa shape index (κ2) is 7.23. The number of carbonyl (C=O) groups excluding carboxylic acids is 3. The van der Waals surface area contributed by atoms with Gasteiger partial charge in [-0.15, -0.1) is 0 Å². The molecule has 2 heterocycles. The molecule has 1 N–H and O–H groups in total. The summed E-state index contributed by atoms with van der Waals surface area (Å²) < 4.78 is 10.2. The molecular weight excluding hydrogens is 324 g/mol. The highest BCUT2D eigenvalue weighted by molar-refractivity contribution is 6.00. The van der Waals surface area contributed by atoms with Crippen LogP contribution in [0.3, 0.4) is 0 Å². The van der Waals surface area contributed by atoms with Crippen LogP contribution in [-0.2, 0) is 19.1 Å². The van der Waals surface area contributed by atoms with Crippen molar-refractivity contribution in [2.75, 3.05) is 26.9 Å². The summed E-state index contributed by atoms with van der Waals surface area (Å²) in [7, 11) is 1.31. The summed E-state index contributed by atoms with van der Waals surface area (Å²) in [6.45, 7) is 0.966. The van der Waals surface area contributed by atoms with Crippen molar-refractivity contribution in [1.29, 1.82) is 0 Å². The predicted octanol–water partition coefficient (Wildman–Crippen LogP) is 0.739. The van der Waals surface area contributed by atoms with Crippen molar-refractivity contribution in [2.45, 2.75) is 30.8 Å². The molecule has 0 spiro atoms. The van der Waals surface area contributed by atoms with Crippen molar-refractivity contribution in [2.24, 2.45) is 0 Å². The van der Waals surface area contributed by atoms with Gasteiger partial charge in [0.15, 0.2) is 0 Å². The molecular formula is C18H22N2O5. The lowest BCUT2D eigenvalue weighted by molar-refractivity contribution is -0.153. The monoisotopic (exact) mass is 346 g/mol. The lowest BCUT2D eigenvalue weighted by Gasteiger charge is -2.34. The first-order valence-corrected chi connectivity index (χ1v) is 8.41. The summed E-state index contributed by atoms with van der Waals surface area (Å²) in [6, 6.07) is 8.14. The molecule has 0 aromatic heterocycles. The van der Waals surface area contributed by atoms with Gasteiger partial charge >= 0.3 is 5.97 Å². The average Bonchev–Trinajstić information content (AvgIpc) is 3.31. The van der Waals surface area contributed by atoms with Crippen LogP contribution in [0, 0.1) is 0 Å². The number of carbonyl (C=O) groups is 3. The maximum absolute atomic E-state index is 13.2. The Morgan fingerprint density at radius 2 is 2.04 bits per heavy atom. The third kappa shape index (κ3) is 3.37. The summed E-state index contributed by atoms with van der Waals surface area (Å²) in [5.41, 5.74) is -0.656. The number of esters is 1. The summed E-state index contributed by atoms with van der Waals surface area (Å²) >= 11 is 0. The molecule has 25 heavy (non-hydrogen) atoms. The van der Waals surface area contributed by atoms with Gasteiger partial charge in [-0.1, -0.05) is 18.2 Å². The number of nitrogens with one attached hydrogen (secondary N) is 1. The van der Waals surface area contributed by atoms with Gasteiger partial charge in [0.1, 0.15) is 11.6 Å². The van der Waals surface area contributed by atoms with Gasteiger partial charge in [-0.05, 0) is 25.0 Å². The molecule has 0 saturated carbocycles. The van der Waals surface area contributed by atoms with Crippen LogP contribution >= 0.6 is 0 Å². The molecule has 0 aliphatic carbocycles. The number of hydrogen-bond donors (Lipinski definition) is 1.